The van der Waals surface area contributed by atoms with Gasteiger partial charge in [0.25, 0.3) is 0 Å². The van der Waals surface area contributed by atoms with E-state index >= 15 is 0 Å². The van der Waals surface area contributed by atoms with Crippen LogP contribution < -0.4 is 0 Å². The van der Waals surface area contributed by atoms with Gasteiger partial charge in [0.15, 0.2) is 0 Å². The Balaban J connectivity index is 2.39. The second-order valence-corrected chi connectivity index (χ2v) is 5.01. The lowest BCUT2D eigenvalue weighted by Gasteiger charge is -2.26. The van der Waals surface area contributed by atoms with Gasteiger partial charge < -0.3 is 0 Å². The Kier molecular flexibility index (Phi) is 1.90. The third-order valence-electron chi connectivity index (χ3n) is 3.00. The largest absolute Gasteiger partial charge is 0.261 e. The zero-order valence-electron chi connectivity index (χ0n) is 8.67. The van der Waals surface area contributed by atoms with E-state index in [4.69, 9.17) is 0 Å². The zero-order chi connectivity index (χ0) is 9.47. The molecule has 13 heavy (non-hydrogen) atoms. The van der Waals surface area contributed by atoms with Crippen LogP contribution in [-0.2, 0) is 6.42 Å². The zero-order valence-corrected chi connectivity index (χ0v) is 8.67. The van der Waals surface area contributed by atoms with Crippen LogP contribution in [0, 0.1) is 5.41 Å². The molecule has 0 saturated carbocycles. The van der Waals surface area contributed by atoms with Gasteiger partial charge in [-0.15, -0.1) is 0 Å². The van der Waals surface area contributed by atoms with Crippen molar-refractivity contribution < 1.29 is 0 Å². The monoisotopic (exact) mass is 175 g/mol. The molecule has 0 amide bonds. The molecule has 1 nitrogen and oxygen atoms in total. The SMILES string of the molecule is CC(C)(C)[C@@H]1CCc2cccnc21. The average Bonchev–Trinajstić information content (AvgIpc) is 2.45. The number of pyridine rings is 1. The molecule has 1 heterocycles. The van der Waals surface area contributed by atoms with Gasteiger partial charge in [0.1, 0.15) is 0 Å². The van der Waals surface area contributed by atoms with Gasteiger partial charge >= 0.3 is 0 Å². The van der Waals surface area contributed by atoms with E-state index in [1.807, 2.05) is 12.3 Å². The van der Waals surface area contributed by atoms with Crippen molar-refractivity contribution in [1.82, 2.24) is 4.98 Å². The number of aryl methyl sites for hydroxylation is 1. The molecule has 1 aliphatic rings. The van der Waals surface area contributed by atoms with Crippen LogP contribution >= 0.6 is 0 Å². The number of aromatic nitrogens is 1. The van der Waals surface area contributed by atoms with Crippen molar-refractivity contribution in [3.63, 3.8) is 0 Å². The predicted molar refractivity (Wildman–Crippen MR) is 54.8 cm³/mol. The van der Waals surface area contributed by atoms with Gasteiger partial charge in [0, 0.05) is 17.8 Å². The van der Waals surface area contributed by atoms with Gasteiger partial charge in [-0.3, -0.25) is 4.98 Å². The highest BCUT2D eigenvalue weighted by atomic mass is 14.7. The highest BCUT2D eigenvalue weighted by Crippen LogP contribution is 2.43. The summed E-state index contributed by atoms with van der Waals surface area (Å²) in [6.07, 6.45) is 4.41. The molecule has 0 unspecified atom stereocenters. The number of fused-ring (bicyclic) bond motifs is 1. The number of hydrogen-bond donors (Lipinski definition) is 0. The van der Waals surface area contributed by atoms with Crippen LogP contribution in [0.15, 0.2) is 18.3 Å². The van der Waals surface area contributed by atoms with Gasteiger partial charge in [-0.05, 0) is 29.9 Å². The van der Waals surface area contributed by atoms with Gasteiger partial charge in [-0.25, -0.2) is 0 Å². The van der Waals surface area contributed by atoms with Crippen molar-refractivity contribution in [3.05, 3.63) is 29.6 Å². The van der Waals surface area contributed by atoms with Crippen molar-refractivity contribution in [3.8, 4) is 0 Å². The molecule has 1 atom stereocenters. The van der Waals surface area contributed by atoms with E-state index in [0.29, 0.717) is 11.3 Å². The van der Waals surface area contributed by atoms with E-state index < -0.39 is 0 Å². The fourth-order valence-electron chi connectivity index (χ4n) is 2.26. The van der Waals surface area contributed by atoms with Gasteiger partial charge in [-0.1, -0.05) is 26.8 Å². The van der Waals surface area contributed by atoms with Crippen molar-refractivity contribution >= 4 is 0 Å². The van der Waals surface area contributed by atoms with Crippen LogP contribution in [0.25, 0.3) is 0 Å². The molecule has 1 aromatic rings. The molecule has 1 aliphatic carbocycles. The molecule has 1 heteroatoms. The Labute approximate surface area is 80.2 Å². The maximum absolute atomic E-state index is 4.51. The third-order valence-corrected chi connectivity index (χ3v) is 3.00. The number of rotatable bonds is 0. The topological polar surface area (TPSA) is 12.9 Å². The molecule has 0 aliphatic heterocycles. The minimum Gasteiger partial charge on any atom is -0.261 e. The maximum atomic E-state index is 4.51. The molecule has 0 spiro atoms. The van der Waals surface area contributed by atoms with E-state index in [1.54, 1.807) is 0 Å². The molecule has 0 bridgehead atoms. The average molecular weight is 175 g/mol. The van der Waals surface area contributed by atoms with E-state index in [0.717, 1.165) is 0 Å². The standard InChI is InChI=1S/C12H17N/c1-12(2,3)10-7-6-9-5-4-8-13-11(9)10/h4-5,8,10H,6-7H2,1-3H3/t10-/m1/s1. The van der Waals surface area contributed by atoms with E-state index in [2.05, 4.69) is 31.8 Å². The van der Waals surface area contributed by atoms with Crippen molar-refractivity contribution in [2.75, 3.05) is 0 Å². The Morgan fingerprint density at radius 2 is 2.15 bits per heavy atom. The summed E-state index contributed by atoms with van der Waals surface area (Å²) in [7, 11) is 0. The van der Waals surface area contributed by atoms with Crippen LogP contribution in [0.4, 0.5) is 0 Å². The fraction of sp³-hybridized carbons (Fsp3) is 0.583. The van der Waals surface area contributed by atoms with E-state index in [-0.39, 0.29) is 0 Å². The third kappa shape index (κ3) is 1.48. The van der Waals surface area contributed by atoms with E-state index in [1.165, 1.54) is 24.1 Å². The second kappa shape index (κ2) is 2.83. The lowest BCUT2D eigenvalue weighted by atomic mass is 9.79. The van der Waals surface area contributed by atoms with Gasteiger partial charge in [-0.2, -0.15) is 0 Å². The van der Waals surface area contributed by atoms with Crippen molar-refractivity contribution in [1.29, 1.82) is 0 Å². The van der Waals surface area contributed by atoms with Crippen molar-refractivity contribution in [2.45, 2.75) is 39.5 Å². The smallest absolute Gasteiger partial charge is 0.0471 e. The Hall–Kier alpha value is -0.850. The first-order valence-electron chi connectivity index (χ1n) is 5.03. The Bertz CT molecular complexity index is 309. The maximum Gasteiger partial charge on any atom is 0.0471 e. The summed E-state index contributed by atoms with van der Waals surface area (Å²) >= 11 is 0. The van der Waals surface area contributed by atoms with Gasteiger partial charge in [0.05, 0.1) is 0 Å². The summed E-state index contributed by atoms with van der Waals surface area (Å²) in [6.45, 7) is 6.92. The lowest BCUT2D eigenvalue weighted by Crippen LogP contribution is -2.16. The summed E-state index contributed by atoms with van der Waals surface area (Å²) in [4.78, 5) is 4.51. The molecule has 1 aromatic heterocycles. The quantitative estimate of drug-likeness (QED) is 0.590. The number of hydrogen-bond acceptors (Lipinski definition) is 1. The summed E-state index contributed by atoms with van der Waals surface area (Å²) in [5.74, 6) is 0.656. The van der Waals surface area contributed by atoms with E-state index in [9.17, 15) is 0 Å². The normalized spacial score (nSPS) is 21.6. The summed E-state index contributed by atoms with van der Waals surface area (Å²) in [5.41, 5.74) is 3.16. The first-order valence-corrected chi connectivity index (χ1v) is 5.03. The molecule has 0 fully saturated rings. The summed E-state index contributed by atoms with van der Waals surface area (Å²) in [6, 6.07) is 4.26. The first kappa shape index (κ1) is 8.74. The minimum atomic E-state index is 0.361. The molecule has 70 valence electrons. The van der Waals surface area contributed by atoms with Crippen LogP contribution in [0.3, 0.4) is 0 Å². The molecular weight excluding hydrogens is 158 g/mol. The summed E-state index contributed by atoms with van der Waals surface area (Å²) in [5, 5.41) is 0. The Morgan fingerprint density at radius 1 is 1.38 bits per heavy atom. The van der Waals surface area contributed by atoms with Crippen LogP contribution in [0.2, 0.25) is 0 Å². The van der Waals surface area contributed by atoms with Crippen LogP contribution in [0.1, 0.15) is 44.4 Å². The highest BCUT2D eigenvalue weighted by Gasteiger charge is 2.32. The molecule has 0 radical (unpaired) electrons. The van der Waals surface area contributed by atoms with Gasteiger partial charge in [0.2, 0.25) is 0 Å². The summed E-state index contributed by atoms with van der Waals surface area (Å²) < 4.78 is 0. The van der Waals surface area contributed by atoms with Crippen LogP contribution in [-0.4, -0.2) is 4.98 Å². The molecule has 0 aromatic carbocycles. The van der Waals surface area contributed by atoms with Crippen LogP contribution in [0.5, 0.6) is 0 Å². The van der Waals surface area contributed by atoms with Crippen molar-refractivity contribution in [2.24, 2.45) is 5.41 Å². The fourth-order valence-corrected chi connectivity index (χ4v) is 2.26. The molecule has 0 N–H and O–H groups in total. The molecule has 0 saturated heterocycles. The first-order chi connectivity index (χ1) is 6.09. The minimum absolute atomic E-state index is 0.361. The second-order valence-electron chi connectivity index (χ2n) is 5.01. The number of nitrogens with zero attached hydrogens (tertiary/aromatic N) is 1. The lowest BCUT2D eigenvalue weighted by molar-refractivity contribution is 0.314. The predicted octanol–water partition coefficient (Wildman–Crippen LogP) is 3.16. The Morgan fingerprint density at radius 3 is 2.85 bits per heavy atom. The molecular formula is C12H17N. The molecule has 2 rings (SSSR count). The highest BCUT2D eigenvalue weighted by molar-refractivity contribution is 5.29.